The molecule has 0 aliphatic heterocycles. The third-order valence-electron chi connectivity index (χ3n) is 5.38. The molecule has 0 bridgehead atoms. The van der Waals surface area contributed by atoms with Crippen LogP contribution in [0.2, 0.25) is 5.02 Å². The molecule has 0 fully saturated rings. The molecule has 0 aliphatic carbocycles. The number of aryl methyl sites for hydroxylation is 2. The lowest BCUT2D eigenvalue weighted by Crippen LogP contribution is -1.97. The molecule has 11 heteroatoms. The summed E-state index contributed by atoms with van der Waals surface area (Å²) >= 11 is 6.45. The molecule has 3 heterocycles. The Morgan fingerprint density at radius 1 is 1.03 bits per heavy atom. The average Bonchev–Trinajstić information content (AvgIpc) is 3.36. The third-order valence-corrected chi connectivity index (χ3v) is 6.81. The molecule has 5 aromatic rings. The van der Waals surface area contributed by atoms with Crippen LogP contribution in [-0.4, -0.2) is 39.2 Å². The van der Waals surface area contributed by atoms with Crippen LogP contribution in [0.4, 0.5) is 11.6 Å². The Kier molecular flexibility index (Phi) is 5.70. The van der Waals surface area contributed by atoms with Gasteiger partial charge < -0.3 is 10.1 Å². The van der Waals surface area contributed by atoms with Gasteiger partial charge >= 0.3 is 0 Å². The highest BCUT2D eigenvalue weighted by Gasteiger charge is 2.19. The number of nitrogens with one attached hydrogen (secondary N) is 1. The Morgan fingerprint density at radius 3 is 2.46 bits per heavy atom. The van der Waals surface area contributed by atoms with Crippen LogP contribution >= 0.6 is 11.6 Å². The Hall–Kier alpha value is -3.89. The van der Waals surface area contributed by atoms with Crippen molar-refractivity contribution in [2.45, 2.75) is 4.90 Å². The van der Waals surface area contributed by atoms with Gasteiger partial charge in [-0.3, -0.25) is 14.3 Å². The van der Waals surface area contributed by atoms with Crippen molar-refractivity contribution in [1.82, 2.24) is 24.5 Å². The predicted octanol–water partition coefficient (Wildman–Crippen LogP) is 4.96. The quantitative estimate of drug-likeness (QED) is 0.345. The number of halogens is 1. The number of hydrogen-bond acceptors (Lipinski definition) is 7. The van der Waals surface area contributed by atoms with Crippen molar-refractivity contribution >= 4 is 44.0 Å². The van der Waals surface area contributed by atoms with E-state index in [-0.39, 0.29) is 4.90 Å². The van der Waals surface area contributed by atoms with Crippen molar-refractivity contribution in [3.63, 3.8) is 0 Å². The van der Waals surface area contributed by atoms with Gasteiger partial charge in [0.25, 0.3) is 0 Å². The van der Waals surface area contributed by atoms with Crippen molar-refractivity contribution < 1.29 is 13.2 Å². The second kappa shape index (κ2) is 8.71. The lowest BCUT2D eigenvalue weighted by Gasteiger charge is -2.12. The smallest absolute Gasteiger partial charge is 0.175 e. The van der Waals surface area contributed by atoms with Crippen molar-refractivity contribution in [2.24, 2.45) is 14.1 Å². The minimum absolute atomic E-state index is 0.214. The number of hydrogen-bond donors (Lipinski definition) is 1. The number of ether oxygens (including phenoxy) is 1. The predicted molar refractivity (Wildman–Crippen MR) is 135 cm³/mol. The van der Waals surface area contributed by atoms with Crippen molar-refractivity contribution in [2.75, 3.05) is 11.6 Å². The van der Waals surface area contributed by atoms with E-state index in [1.165, 1.54) is 12.1 Å². The van der Waals surface area contributed by atoms with E-state index < -0.39 is 9.84 Å². The zero-order valence-corrected chi connectivity index (χ0v) is 20.7. The fourth-order valence-electron chi connectivity index (χ4n) is 3.77. The van der Waals surface area contributed by atoms with E-state index in [9.17, 15) is 8.42 Å². The van der Waals surface area contributed by atoms with Crippen LogP contribution in [-0.2, 0) is 23.9 Å². The first-order valence-electron chi connectivity index (χ1n) is 10.6. The van der Waals surface area contributed by atoms with E-state index >= 15 is 0 Å². The van der Waals surface area contributed by atoms with Crippen LogP contribution in [0.5, 0.6) is 11.5 Å². The normalized spacial score (nSPS) is 11.7. The van der Waals surface area contributed by atoms with Crippen LogP contribution < -0.4 is 10.1 Å². The standard InChI is InChI=1S/C24H21ClN6O3S/c1-30-12-10-21(28-30)27-24-18-13-15(22-19(25)5-4-11-26-22)14-20(23(18)31(2)29-24)34-16-6-8-17(9-7-16)35(3,32)33/h4-14H,1-3H3,(H,27,28,29). The zero-order chi connectivity index (χ0) is 24.7. The molecule has 0 atom stereocenters. The largest absolute Gasteiger partial charge is 0.455 e. The van der Waals surface area contributed by atoms with E-state index in [1.54, 1.807) is 39.8 Å². The molecule has 178 valence electrons. The molecule has 0 aliphatic rings. The third kappa shape index (κ3) is 4.58. The summed E-state index contributed by atoms with van der Waals surface area (Å²) in [5.74, 6) is 2.22. The minimum Gasteiger partial charge on any atom is -0.455 e. The van der Waals surface area contributed by atoms with Gasteiger partial charge in [0, 0.05) is 49.8 Å². The first kappa shape index (κ1) is 22.9. The highest BCUT2D eigenvalue weighted by Crippen LogP contribution is 2.39. The highest BCUT2D eigenvalue weighted by molar-refractivity contribution is 7.90. The molecule has 0 radical (unpaired) electrons. The maximum Gasteiger partial charge on any atom is 0.175 e. The van der Waals surface area contributed by atoms with E-state index in [2.05, 4.69) is 20.5 Å². The maximum atomic E-state index is 11.8. The van der Waals surface area contributed by atoms with Crippen LogP contribution in [0.15, 0.2) is 71.9 Å². The summed E-state index contributed by atoms with van der Waals surface area (Å²) in [6.07, 6.45) is 4.67. The van der Waals surface area contributed by atoms with Gasteiger partial charge in [-0.15, -0.1) is 0 Å². The topological polar surface area (TPSA) is 104 Å². The molecule has 0 spiro atoms. The minimum atomic E-state index is -3.31. The number of anilines is 2. The maximum absolute atomic E-state index is 11.8. The molecule has 0 saturated heterocycles. The molecule has 0 saturated carbocycles. The Bertz CT molecular complexity index is 1660. The van der Waals surface area contributed by atoms with Gasteiger partial charge in [-0.25, -0.2) is 8.42 Å². The van der Waals surface area contributed by atoms with Crippen LogP contribution in [0.3, 0.4) is 0 Å². The number of fused-ring (bicyclic) bond motifs is 1. The van der Waals surface area contributed by atoms with Gasteiger partial charge in [0.2, 0.25) is 0 Å². The number of sulfone groups is 1. The number of aromatic nitrogens is 5. The van der Waals surface area contributed by atoms with E-state index in [0.29, 0.717) is 33.9 Å². The van der Waals surface area contributed by atoms with Crippen LogP contribution in [0.1, 0.15) is 0 Å². The summed E-state index contributed by atoms with van der Waals surface area (Å²) in [5.41, 5.74) is 2.07. The van der Waals surface area contributed by atoms with Crippen molar-refractivity contribution in [1.29, 1.82) is 0 Å². The molecule has 5 rings (SSSR count). The van der Waals surface area contributed by atoms with E-state index in [4.69, 9.17) is 16.3 Å². The average molecular weight is 509 g/mol. The first-order valence-corrected chi connectivity index (χ1v) is 12.8. The second-order valence-corrected chi connectivity index (χ2v) is 10.4. The summed E-state index contributed by atoms with van der Waals surface area (Å²) in [6, 6.07) is 15.4. The molecule has 35 heavy (non-hydrogen) atoms. The molecule has 3 aromatic heterocycles. The SMILES string of the molecule is Cn1ccc(Nc2nn(C)c3c(Oc4ccc(S(C)(=O)=O)cc4)cc(-c4ncccc4Cl)cc23)n1. The summed E-state index contributed by atoms with van der Waals surface area (Å²) in [7, 11) is 0.341. The number of pyridine rings is 1. The van der Waals surface area contributed by atoms with Gasteiger partial charge in [-0.05, 0) is 48.5 Å². The molecule has 9 nitrogen and oxygen atoms in total. The monoisotopic (exact) mass is 508 g/mol. The molecule has 1 N–H and O–H groups in total. The number of nitrogens with zero attached hydrogens (tertiary/aromatic N) is 5. The molecule has 0 unspecified atom stereocenters. The molecule has 0 amide bonds. The fraction of sp³-hybridized carbons (Fsp3) is 0.125. The summed E-state index contributed by atoms with van der Waals surface area (Å²) in [6.45, 7) is 0. The summed E-state index contributed by atoms with van der Waals surface area (Å²) < 4.78 is 33.3. The highest BCUT2D eigenvalue weighted by atomic mass is 35.5. The van der Waals surface area contributed by atoms with Crippen LogP contribution in [0, 0.1) is 0 Å². The van der Waals surface area contributed by atoms with Crippen LogP contribution in [0.25, 0.3) is 22.2 Å². The first-order chi connectivity index (χ1) is 16.7. The van der Waals surface area contributed by atoms with Gasteiger partial charge in [0.15, 0.2) is 27.2 Å². The lowest BCUT2D eigenvalue weighted by molar-refractivity contribution is 0.484. The molecular weight excluding hydrogens is 488 g/mol. The van der Waals surface area contributed by atoms with E-state index in [0.717, 1.165) is 22.7 Å². The summed E-state index contributed by atoms with van der Waals surface area (Å²) in [4.78, 5) is 4.66. The Morgan fingerprint density at radius 2 is 1.80 bits per heavy atom. The summed E-state index contributed by atoms with van der Waals surface area (Å²) in [5, 5.41) is 13.6. The number of benzene rings is 2. The Balaban J connectivity index is 1.66. The zero-order valence-electron chi connectivity index (χ0n) is 19.1. The van der Waals surface area contributed by atoms with Gasteiger partial charge in [0.05, 0.1) is 15.6 Å². The second-order valence-electron chi connectivity index (χ2n) is 8.02. The van der Waals surface area contributed by atoms with Gasteiger partial charge in [0.1, 0.15) is 11.3 Å². The van der Waals surface area contributed by atoms with Crippen molar-refractivity contribution in [3.05, 3.63) is 72.0 Å². The molecule has 2 aromatic carbocycles. The van der Waals surface area contributed by atoms with Gasteiger partial charge in [-0.1, -0.05) is 11.6 Å². The molecular formula is C24H21ClN6O3S. The lowest BCUT2D eigenvalue weighted by atomic mass is 10.1. The van der Waals surface area contributed by atoms with Crippen molar-refractivity contribution in [3.8, 4) is 22.8 Å². The fourth-order valence-corrected chi connectivity index (χ4v) is 4.63. The number of rotatable bonds is 6. The Labute approximate surface area is 206 Å². The van der Waals surface area contributed by atoms with E-state index in [1.807, 2.05) is 38.5 Å². The van der Waals surface area contributed by atoms with Gasteiger partial charge in [-0.2, -0.15) is 10.2 Å².